The Hall–Kier alpha value is -2.37. The van der Waals surface area contributed by atoms with E-state index in [0.29, 0.717) is 15.9 Å². The Balaban J connectivity index is 2.02. The number of hydrogen-bond donors (Lipinski definition) is 0. The zero-order valence-corrected chi connectivity index (χ0v) is 15.4. The third-order valence-corrected chi connectivity index (χ3v) is 4.42. The summed E-state index contributed by atoms with van der Waals surface area (Å²) in [5.41, 5.74) is 2.35. The van der Waals surface area contributed by atoms with Crippen molar-refractivity contribution in [1.82, 2.24) is 14.5 Å². The predicted molar refractivity (Wildman–Crippen MR) is 104 cm³/mol. The molecule has 0 saturated carbocycles. The highest BCUT2D eigenvalue weighted by molar-refractivity contribution is 6.30. The van der Waals surface area contributed by atoms with E-state index >= 15 is 0 Å². The number of halogens is 1. The van der Waals surface area contributed by atoms with Crippen LogP contribution in [0.1, 0.15) is 0 Å². The molecule has 130 valence electrons. The van der Waals surface area contributed by atoms with Gasteiger partial charge < -0.3 is 9.80 Å². The number of benzene rings is 2. The van der Waals surface area contributed by atoms with Crippen molar-refractivity contribution in [3.63, 3.8) is 0 Å². The van der Waals surface area contributed by atoms with Gasteiger partial charge in [0.1, 0.15) is 6.33 Å². The van der Waals surface area contributed by atoms with Crippen LogP contribution in [0.15, 0.2) is 53.6 Å². The highest BCUT2D eigenvalue weighted by atomic mass is 35.5. The maximum atomic E-state index is 12.9. The van der Waals surface area contributed by atoms with Gasteiger partial charge in [-0.1, -0.05) is 11.6 Å². The van der Waals surface area contributed by atoms with Crippen molar-refractivity contribution in [3.8, 4) is 5.69 Å². The molecule has 3 aromatic rings. The molecule has 6 heteroatoms. The SMILES string of the molecule is CN(C)CCN(C)c1ccc2ncn(-c3ccc(Cl)cc3)c(=O)c2c1. The molecule has 0 aliphatic heterocycles. The summed E-state index contributed by atoms with van der Waals surface area (Å²) in [4.78, 5) is 21.6. The molecule has 0 amide bonds. The predicted octanol–water partition coefficient (Wildman–Crippen LogP) is 3.04. The Labute approximate surface area is 152 Å². The molecule has 0 spiro atoms. The van der Waals surface area contributed by atoms with Gasteiger partial charge in [-0.05, 0) is 56.6 Å². The zero-order chi connectivity index (χ0) is 18.0. The summed E-state index contributed by atoms with van der Waals surface area (Å²) >= 11 is 5.93. The Morgan fingerprint density at radius 3 is 2.44 bits per heavy atom. The van der Waals surface area contributed by atoms with Crippen LogP contribution in [0.3, 0.4) is 0 Å². The summed E-state index contributed by atoms with van der Waals surface area (Å²) in [5, 5.41) is 1.24. The molecule has 0 fully saturated rings. The molecule has 3 rings (SSSR count). The fourth-order valence-electron chi connectivity index (χ4n) is 2.61. The van der Waals surface area contributed by atoms with Crippen LogP contribution in [0, 0.1) is 0 Å². The van der Waals surface area contributed by atoms with Crippen LogP contribution in [0.4, 0.5) is 5.69 Å². The van der Waals surface area contributed by atoms with Gasteiger partial charge in [-0.3, -0.25) is 9.36 Å². The van der Waals surface area contributed by atoms with Gasteiger partial charge in [-0.2, -0.15) is 0 Å². The van der Waals surface area contributed by atoms with E-state index in [1.54, 1.807) is 23.0 Å². The van der Waals surface area contributed by atoms with Crippen LogP contribution in [-0.2, 0) is 0 Å². The highest BCUT2D eigenvalue weighted by Gasteiger charge is 2.09. The second-order valence-corrected chi connectivity index (χ2v) is 6.76. The summed E-state index contributed by atoms with van der Waals surface area (Å²) in [6.07, 6.45) is 1.56. The fraction of sp³-hybridized carbons (Fsp3) is 0.263. The molecule has 1 heterocycles. The first-order valence-corrected chi connectivity index (χ1v) is 8.47. The van der Waals surface area contributed by atoms with Crippen molar-refractivity contribution < 1.29 is 0 Å². The monoisotopic (exact) mass is 356 g/mol. The first-order valence-electron chi connectivity index (χ1n) is 8.09. The Morgan fingerprint density at radius 2 is 1.76 bits per heavy atom. The normalized spacial score (nSPS) is 11.2. The average molecular weight is 357 g/mol. The number of fused-ring (bicyclic) bond motifs is 1. The summed E-state index contributed by atoms with van der Waals surface area (Å²) in [7, 11) is 6.12. The maximum absolute atomic E-state index is 12.9. The minimum Gasteiger partial charge on any atom is -0.373 e. The first-order chi connectivity index (χ1) is 12.0. The van der Waals surface area contributed by atoms with Gasteiger partial charge in [0.15, 0.2) is 0 Å². The third-order valence-electron chi connectivity index (χ3n) is 4.17. The van der Waals surface area contributed by atoms with E-state index in [0.717, 1.165) is 24.5 Å². The lowest BCUT2D eigenvalue weighted by atomic mass is 10.2. The molecular formula is C19H21ClN4O. The van der Waals surface area contributed by atoms with Gasteiger partial charge in [0.25, 0.3) is 5.56 Å². The van der Waals surface area contributed by atoms with Crippen LogP contribution in [-0.4, -0.2) is 48.7 Å². The van der Waals surface area contributed by atoms with Crippen LogP contribution in [0.2, 0.25) is 5.02 Å². The second-order valence-electron chi connectivity index (χ2n) is 6.32. The van der Waals surface area contributed by atoms with E-state index in [-0.39, 0.29) is 5.56 Å². The number of likely N-dealkylation sites (N-methyl/N-ethyl adjacent to an activating group) is 2. The first kappa shape index (κ1) is 17.5. The van der Waals surface area contributed by atoms with Gasteiger partial charge in [-0.25, -0.2) is 4.98 Å². The van der Waals surface area contributed by atoms with Crippen molar-refractivity contribution >= 4 is 28.2 Å². The van der Waals surface area contributed by atoms with Crippen LogP contribution in [0.25, 0.3) is 16.6 Å². The van der Waals surface area contributed by atoms with E-state index in [1.807, 2.05) is 51.5 Å². The van der Waals surface area contributed by atoms with Crippen molar-refractivity contribution in [2.24, 2.45) is 0 Å². The third kappa shape index (κ3) is 3.83. The lowest BCUT2D eigenvalue weighted by Crippen LogP contribution is -2.28. The Morgan fingerprint density at radius 1 is 1.04 bits per heavy atom. The highest BCUT2D eigenvalue weighted by Crippen LogP contribution is 2.19. The van der Waals surface area contributed by atoms with Gasteiger partial charge in [0.2, 0.25) is 0 Å². The molecule has 5 nitrogen and oxygen atoms in total. The molecule has 0 bridgehead atoms. The topological polar surface area (TPSA) is 41.4 Å². The smallest absolute Gasteiger partial charge is 0.265 e. The van der Waals surface area contributed by atoms with Gasteiger partial charge in [0, 0.05) is 30.8 Å². The molecule has 1 aromatic heterocycles. The molecule has 0 saturated heterocycles. The number of hydrogen-bond acceptors (Lipinski definition) is 4. The molecule has 0 N–H and O–H groups in total. The largest absolute Gasteiger partial charge is 0.373 e. The molecule has 0 radical (unpaired) electrons. The summed E-state index contributed by atoms with van der Waals surface area (Å²) < 4.78 is 1.54. The summed E-state index contributed by atoms with van der Waals surface area (Å²) in [6, 6.07) is 12.9. The Bertz CT molecular complexity index is 934. The number of rotatable bonds is 5. The van der Waals surface area contributed by atoms with Crippen LogP contribution in [0.5, 0.6) is 0 Å². The molecule has 2 aromatic carbocycles. The quantitative estimate of drug-likeness (QED) is 0.704. The summed E-state index contributed by atoms with van der Waals surface area (Å²) in [5.74, 6) is 0. The Kier molecular flexibility index (Phi) is 5.06. The summed E-state index contributed by atoms with van der Waals surface area (Å²) in [6.45, 7) is 1.82. The lowest BCUT2D eigenvalue weighted by Gasteiger charge is -2.21. The number of nitrogens with zero attached hydrogens (tertiary/aromatic N) is 4. The van der Waals surface area contributed by atoms with Gasteiger partial charge in [0.05, 0.1) is 16.6 Å². The second kappa shape index (κ2) is 7.25. The molecule has 0 aliphatic rings. The number of anilines is 1. The van der Waals surface area contributed by atoms with E-state index in [9.17, 15) is 4.79 Å². The lowest BCUT2D eigenvalue weighted by molar-refractivity contribution is 0.416. The molecular weight excluding hydrogens is 336 g/mol. The standard InChI is InChI=1S/C19H21ClN4O/c1-22(2)10-11-23(3)16-8-9-18-17(12-16)19(25)24(13-21-18)15-6-4-14(20)5-7-15/h4-9,12-13H,10-11H2,1-3H3. The molecule has 0 unspecified atom stereocenters. The molecule has 0 atom stereocenters. The molecule has 25 heavy (non-hydrogen) atoms. The minimum absolute atomic E-state index is 0.0878. The zero-order valence-electron chi connectivity index (χ0n) is 14.6. The van der Waals surface area contributed by atoms with E-state index in [4.69, 9.17) is 11.6 Å². The molecule has 0 aliphatic carbocycles. The van der Waals surface area contributed by atoms with E-state index in [1.165, 1.54) is 0 Å². The fourth-order valence-corrected chi connectivity index (χ4v) is 2.74. The van der Waals surface area contributed by atoms with E-state index < -0.39 is 0 Å². The van der Waals surface area contributed by atoms with Crippen molar-refractivity contribution in [3.05, 3.63) is 64.2 Å². The van der Waals surface area contributed by atoms with E-state index in [2.05, 4.69) is 14.8 Å². The average Bonchev–Trinajstić information content (AvgIpc) is 2.61. The van der Waals surface area contributed by atoms with Crippen molar-refractivity contribution in [1.29, 1.82) is 0 Å². The van der Waals surface area contributed by atoms with Crippen LogP contribution < -0.4 is 10.5 Å². The van der Waals surface area contributed by atoms with Gasteiger partial charge in [-0.15, -0.1) is 0 Å². The number of aromatic nitrogens is 2. The van der Waals surface area contributed by atoms with Crippen LogP contribution >= 0.6 is 11.6 Å². The van der Waals surface area contributed by atoms with Crippen molar-refractivity contribution in [2.75, 3.05) is 39.1 Å². The van der Waals surface area contributed by atoms with Crippen molar-refractivity contribution in [2.45, 2.75) is 0 Å². The maximum Gasteiger partial charge on any atom is 0.265 e. The minimum atomic E-state index is -0.0878. The van der Waals surface area contributed by atoms with Gasteiger partial charge >= 0.3 is 0 Å².